The quantitative estimate of drug-likeness (QED) is 0.137. The number of phosphoric acid groups is 1. The standard InChI is InChI=1S/C21H24ClN10O9P/c22-9-7-1-2-37-20-12(33)13(19(40-20)32-6-28-11-16(32)29-21(24)30-17(11)34)41-42(35,36)38-3-8(7)39-18(9)31-5-27-10-14(23)25-4-26-15(10)31/h4-9,12-13,18-20,33H,1-3H2,(H,35,36)(H2,23,25,26)(H3,24,29,30,34)/t7-,8-,9+,12+,13-,18-,19-,20?/m1/s1. The van der Waals surface area contributed by atoms with Crippen LogP contribution in [0.1, 0.15) is 18.9 Å². The van der Waals surface area contributed by atoms with E-state index in [1.807, 2.05) is 0 Å². The van der Waals surface area contributed by atoms with E-state index < -0.39 is 61.7 Å². The van der Waals surface area contributed by atoms with Crippen molar-refractivity contribution >= 4 is 53.5 Å². The van der Waals surface area contributed by atoms with Crippen LogP contribution in [0, 0.1) is 5.92 Å². The van der Waals surface area contributed by atoms with E-state index in [2.05, 4.69) is 29.9 Å². The molecule has 0 amide bonds. The Morgan fingerprint density at radius 2 is 1.83 bits per heavy atom. The van der Waals surface area contributed by atoms with E-state index in [0.717, 1.165) is 0 Å². The summed E-state index contributed by atoms with van der Waals surface area (Å²) in [6, 6.07) is 0. The Bertz CT molecular complexity index is 1770. The number of aliphatic hydroxyl groups is 1. The maximum atomic E-state index is 13.1. The van der Waals surface area contributed by atoms with Crippen molar-refractivity contribution in [2.45, 2.75) is 48.9 Å². The average Bonchev–Trinajstić information content (AvgIpc) is 3.69. The third-order valence-electron chi connectivity index (χ3n) is 7.42. The van der Waals surface area contributed by atoms with Crippen molar-refractivity contribution < 1.29 is 37.8 Å². The lowest BCUT2D eigenvalue weighted by Gasteiger charge is -2.26. The lowest BCUT2D eigenvalue weighted by Crippen LogP contribution is -2.36. The number of aromatic nitrogens is 8. The van der Waals surface area contributed by atoms with Crippen LogP contribution in [0.4, 0.5) is 11.8 Å². The predicted octanol–water partition coefficient (Wildman–Crippen LogP) is -0.617. The molecule has 4 aromatic rings. The summed E-state index contributed by atoms with van der Waals surface area (Å²) in [4.78, 5) is 45.8. The van der Waals surface area contributed by atoms with E-state index in [-0.39, 0.29) is 36.1 Å². The molecule has 0 radical (unpaired) electrons. The van der Waals surface area contributed by atoms with Crippen LogP contribution in [0.25, 0.3) is 22.3 Å². The summed E-state index contributed by atoms with van der Waals surface area (Å²) in [5.74, 6) is -0.458. The number of rotatable bonds is 2. The van der Waals surface area contributed by atoms with Gasteiger partial charge in [-0.15, -0.1) is 11.6 Å². The number of phosphoric ester groups is 1. The highest BCUT2D eigenvalue weighted by Gasteiger charge is 2.52. The second kappa shape index (κ2) is 10.2. The summed E-state index contributed by atoms with van der Waals surface area (Å²) in [7, 11) is -4.86. The Labute approximate surface area is 239 Å². The van der Waals surface area contributed by atoms with Gasteiger partial charge in [-0.1, -0.05) is 0 Å². The number of imidazole rings is 2. The van der Waals surface area contributed by atoms with Gasteiger partial charge in [-0.05, 0) is 6.42 Å². The first-order valence-corrected chi connectivity index (χ1v) is 14.6. The lowest BCUT2D eigenvalue weighted by molar-refractivity contribution is -0.178. The number of H-pyrrole nitrogens is 1. The molecule has 3 saturated heterocycles. The number of alkyl halides is 1. The maximum absolute atomic E-state index is 13.1. The topological polar surface area (TPSA) is 263 Å². The molecule has 224 valence electrons. The summed E-state index contributed by atoms with van der Waals surface area (Å²) in [5.41, 5.74) is 11.7. The van der Waals surface area contributed by atoms with Crippen molar-refractivity contribution in [3.63, 3.8) is 0 Å². The zero-order chi connectivity index (χ0) is 29.3. The maximum Gasteiger partial charge on any atom is 0.472 e. The third kappa shape index (κ3) is 4.53. The van der Waals surface area contributed by atoms with Crippen molar-refractivity contribution in [1.82, 2.24) is 39.0 Å². The highest BCUT2D eigenvalue weighted by molar-refractivity contribution is 7.47. The van der Waals surface area contributed by atoms with Crippen LogP contribution >= 0.6 is 19.4 Å². The first-order valence-electron chi connectivity index (χ1n) is 12.7. The molecule has 3 aliphatic rings. The number of nitrogens with two attached hydrogens (primary N) is 2. The minimum Gasteiger partial charge on any atom is -0.385 e. The van der Waals surface area contributed by atoms with Crippen molar-refractivity contribution in [3.05, 3.63) is 29.3 Å². The number of nitrogen functional groups attached to an aromatic ring is 2. The highest BCUT2D eigenvalue weighted by atomic mass is 35.5. The molecule has 4 aromatic heterocycles. The smallest absolute Gasteiger partial charge is 0.385 e. The molecule has 9 atom stereocenters. The van der Waals surface area contributed by atoms with Crippen LogP contribution in [0.2, 0.25) is 0 Å². The Hall–Kier alpha value is -3.26. The molecule has 2 bridgehead atoms. The minimum absolute atomic E-state index is 0.00119. The van der Waals surface area contributed by atoms with Crippen molar-refractivity contribution in [2.24, 2.45) is 5.92 Å². The van der Waals surface area contributed by atoms with E-state index in [0.29, 0.717) is 17.6 Å². The summed E-state index contributed by atoms with van der Waals surface area (Å²) in [6.45, 7) is -0.338. The number of anilines is 2. The molecule has 21 heteroatoms. The second-order valence-electron chi connectivity index (χ2n) is 9.91. The number of hydrogen-bond donors (Lipinski definition) is 5. The summed E-state index contributed by atoms with van der Waals surface area (Å²) in [6.07, 6.45) is -2.93. The Morgan fingerprint density at radius 1 is 1.07 bits per heavy atom. The average molecular weight is 627 g/mol. The van der Waals surface area contributed by atoms with Gasteiger partial charge in [-0.3, -0.25) is 28.0 Å². The molecule has 0 spiro atoms. The fraction of sp³-hybridized carbons (Fsp3) is 0.524. The van der Waals surface area contributed by atoms with Crippen LogP contribution in [0.3, 0.4) is 0 Å². The minimum atomic E-state index is -4.86. The monoisotopic (exact) mass is 626 g/mol. The first kappa shape index (κ1) is 27.6. The zero-order valence-electron chi connectivity index (χ0n) is 21.3. The normalized spacial score (nSPS) is 35.7. The van der Waals surface area contributed by atoms with Crippen molar-refractivity contribution in [2.75, 3.05) is 24.7 Å². The second-order valence-corrected chi connectivity index (χ2v) is 11.8. The van der Waals surface area contributed by atoms with E-state index in [1.165, 1.54) is 23.5 Å². The highest BCUT2D eigenvalue weighted by Crippen LogP contribution is 2.51. The fourth-order valence-electron chi connectivity index (χ4n) is 5.45. The first-order chi connectivity index (χ1) is 20.1. The van der Waals surface area contributed by atoms with E-state index in [4.69, 9.17) is 46.3 Å². The molecule has 7 rings (SSSR count). The van der Waals surface area contributed by atoms with Crippen LogP contribution in [-0.2, 0) is 27.8 Å². The van der Waals surface area contributed by atoms with Crippen LogP contribution < -0.4 is 17.0 Å². The predicted molar refractivity (Wildman–Crippen MR) is 140 cm³/mol. The van der Waals surface area contributed by atoms with Gasteiger partial charge in [0.15, 0.2) is 41.4 Å². The molecule has 7 heterocycles. The van der Waals surface area contributed by atoms with E-state index in [9.17, 15) is 19.4 Å². The van der Waals surface area contributed by atoms with Gasteiger partial charge >= 0.3 is 7.82 Å². The Morgan fingerprint density at radius 3 is 2.64 bits per heavy atom. The van der Waals surface area contributed by atoms with Crippen LogP contribution in [0.5, 0.6) is 0 Å². The van der Waals surface area contributed by atoms with Gasteiger partial charge in [0, 0.05) is 5.92 Å². The summed E-state index contributed by atoms with van der Waals surface area (Å²) < 4.78 is 44.7. The number of hydrogen-bond acceptors (Lipinski definition) is 15. The van der Waals surface area contributed by atoms with Crippen LogP contribution in [-0.4, -0.2) is 92.2 Å². The van der Waals surface area contributed by atoms with Gasteiger partial charge < -0.3 is 35.7 Å². The summed E-state index contributed by atoms with van der Waals surface area (Å²) in [5, 5.41) is 10.3. The number of nitrogens with zero attached hydrogens (tertiary/aromatic N) is 7. The van der Waals surface area contributed by atoms with Crippen LogP contribution in [0.15, 0.2) is 23.8 Å². The lowest BCUT2D eigenvalue weighted by atomic mass is 9.97. The molecule has 19 nitrogen and oxygen atoms in total. The molecule has 0 aliphatic carbocycles. The largest absolute Gasteiger partial charge is 0.472 e. The molecular weight excluding hydrogens is 603 g/mol. The van der Waals surface area contributed by atoms with E-state index >= 15 is 0 Å². The van der Waals surface area contributed by atoms with Gasteiger partial charge in [0.2, 0.25) is 5.95 Å². The molecule has 2 unspecified atom stereocenters. The number of fused-ring (bicyclic) bond motifs is 5. The molecule has 0 saturated carbocycles. The van der Waals surface area contributed by atoms with Crippen molar-refractivity contribution in [3.8, 4) is 0 Å². The Balaban J connectivity index is 1.17. The van der Waals surface area contributed by atoms with Crippen molar-refractivity contribution in [1.29, 1.82) is 0 Å². The molecular formula is C21H24ClN10O9P. The van der Waals surface area contributed by atoms with Gasteiger partial charge in [-0.2, -0.15) is 4.98 Å². The molecule has 3 fully saturated rings. The number of aromatic amines is 1. The number of aliphatic hydroxyl groups excluding tert-OH is 1. The summed E-state index contributed by atoms with van der Waals surface area (Å²) >= 11 is 6.87. The molecule has 7 N–H and O–H groups in total. The molecule has 0 aromatic carbocycles. The number of ether oxygens (including phenoxy) is 3. The molecule has 42 heavy (non-hydrogen) atoms. The fourth-order valence-corrected chi connectivity index (χ4v) is 6.85. The number of halogens is 1. The van der Waals surface area contributed by atoms with E-state index in [1.54, 1.807) is 4.57 Å². The van der Waals surface area contributed by atoms with Gasteiger partial charge in [-0.25, -0.2) is 24.5 Å². The number of nitrogens with one attached hydrogen (secondary N) is 1. The zero-order valence-corrected chi connectivity index (χ0v) is 23.0. The molecule has 3 aliphatic heterocycles. The van der Waals surface area contributed by atoms with Gasteiger partial charge in [0.1, 0.15) is 24.1 Å². The van der Waals surface area contributed by atoms with Gasteiger partial charge in [0.25, 0.3) is 5.56 Å². The van der Waals surface area contributed by atoms with Gasteiger partial charge in [0.05, 0.1) is 37.3 Å². The third-order valence-corrected chi connectivity index (χ3v) is 8.94. The SMILES string of the molecule is Nc1nc2c(ncn2[C@@H]2OC3OCC[C@H]4[C@H](Cl)[C@H](n5cnc6c(N)ncnc65)O[C@@H]4COP(=O)(O)O[C@@H]2[C@@H]3O)c(=O)[nH]1. The Kier molecular flexibility index (Phi) is 6.68.